The highest BCUT2D eigenvalue weighted by Crippen LogP contribution is 2.11. The fourth-order valence-corrected chi connectivity index (χ4v) is 2.01. The second-order valence-corrected chi connectivity index (χ2v) is 4.94. The van der Waals surface area contributed by atoms with E-state index in [4.69, 9.17) is 5.11 Å². The largest absolute Gasteiger partial charge is 0.395 e. The third-order valence-electron chi connectivity index (χ3n) is 3.13. The smallest absolute Gasteiger partial charge is 0.166 e. The zero-order valence-electron chi connectivity index (χ0n) is 11.5. The van der Waals surface area contributed by atoms with Crippen molar-refractivity contribution in [2.24, 2.45) is 5.92 Å². The minimum Gasteiger partial charge on any atom is -0.395 e. The number of hydrogen-bond donors (Lipinski definition) is 1. The summed E-state index contributed by atoms with van der Waals surface area (Å²) in [6, 6.07) is 9.72. The molecule has 0 heterocycles. The summed E-state index contributed by atoms with van der Waals surface area (Å²) >= 11 is 0. The first kappa shape index (κ1) is 14.9. The van der Waals surface area contributed by atoms with Crippen LogP contribution in [-0.4, -0.2) is 41.5 Å². The maximum atomic E-state index is 12.2. The molecule has 0 spiro atoms. The summed E-state index contributed by atoms with van der Waals surface area (Å²) < 4.78 is 0. The highest BCUT2D eigenvalue weighted by Gasteiger charge is 2.19. The second kappa shape index (κ2) is 7.29. The van der Waals surface area contributed by atoms with E-state index in [2.05, 4.69) is 18.7 Å². The van der Waals surface area contributed by atoms with E-state index in [0.717, 1.165) is 5.56 Å². The molecule has 0 aliphatic heterocycles. The molecule has 1 atom stereocenters. The SMILES string of the molecule is CC(CN(CCO)C(C)C)C(=O)c1ccccc1. The summed E-state index contributed by atoms with van der Waals surface area (Å²) in [7, 11) is 0. The van der Waals surface area contributed by atoms with Gasteiger partial charge in [-0.2, -0.15) is 0 Å². The van der Waals surface area contributed by atoms with Crippen molar-refractivity contribution in [3.8, 4) is 0 Å². The van der Waals surface area contributed by atoms with Crippen molar-refractivity contribution in [2.45, 2.75) is 26.8 Å². The van der Waals surface area contributed by atoms with Gasteiger partial charge in [0.1, 0.15) is 0 Å². The van der Waals surface area contributed by atoms with Crippen molar-refractivity contribution in [3.05, 3.63) is 35.9 Å². The van der Waals surface area contributed by atoms with E-state index >= 15 is 0 Å². The summed E-state index contributed by atoms with van der Waals surface area (Å²) in [5.74, 6) is 0.112. The monoisotopic (exact) mass is 249 g/mol. The number of carbonyl (C=O) groups excluding carboxylic acids is 1. The van der Waals surface area contributed by atoms with Gasteiger partial charge in [0.15, 0.2) is 5.78 Å². The highest BCUT2D eigenvalue weighted by atomic mass is 16.3. The number of Topliss-reactive ketones (excluding diaryl/α,β-unsaturated/α-hetero) is 1. The molecule has 3 heteroatoms. The molecule has 1 aromatic rings. The Morgan fingerprint density at radius 3 is 2.33 bits per heavy atom. The third kappa shape index (κ3) is 4.24. The van der Waals surface area contributed by atoms with Crippen molar-refractivity contribution in [1.82, 2.24) is 4.90 Å². The lowest BCUT2D eigenvalue weighted by Crippen LogP contribution is -2.38. The Bertz CT molecular complexity index is 362. The van der Waals surface area contributed by atoms with Crippen LogP contribution in [0.1, 0.15) is 31.1 Å². The lowest BCUT2D eigenvalue weighted by atomic mass is 9.98. The number of aliphatic hydroxyl groups is 1. The van der Waals surface area contributed by atoms with Gasteiger partial charge in [-0.05, 0) is 13.8 Å². The van der Waals surface area contributed by atoms with Gasteiger partial charge in [0.2, 0.25) is 0 Å². The van der Waals surface area contributed by atoms with Crippen LogP contribution < -0.4 is 0 Å². The molecule has 1 unspecified atom stereocenters. The van der Waals surface area contributed by atoms with Crippen molar-refractivity contribution in [2.75, 3.05) is 19.7 Å². The van der Waals surface area contributed by atoms with Crippen LogP contribution in [0.5, 0.6) is 0 Å². The van der Waals surface area contributed by atoms with Gasteiger partial charge >= 0.3 is 0 Å². The lowest BCUT2D eigenvalue weighted by molar-refractivity contribution is 0.0857. The summed E-state index contributed by atoms with van der Waals surface area (Å²) in [6.07, 6.45) is 0. The number of carbonyl (C=O) groups is 1. The summed E-state index contributed by atoms with van der Waals surface area (Å²) in [4.78, 5) is 14.3. The molecule has 1 N–H and O–H groups in total. The zero-order valence-corrected chi connectivity index (χ0v) is 11.5. The highest BCUT2D eigenvalue weighted by molar-refractivity contribution is 5.97. The molecule has 3 nitrogen and oxygen atoms in total. The molecule has 0 amide bonds. The number of rotatable bonds is 7. The van der Waals surface area contributed by atoms with E-state index in [0.29, 0.717) is 19.1 Å². The van der Waals surface area contributed by atoms with E-state index in [-0.39, 0.29) is 18.3 Å². The van der Waals surface area contributed by atoms with Crippen LogP contribution in [0.2, 0.25) is 0 Å². The van der Waals surface area contributed by atoms with Crippen LogP contribution in [-0.2, 0) is 0 Å². The van der Waals surface area contributed by atoms with Crippen LogP contribution >= 0.6 is 0 Å². The normalized spacial score (nSPS) is 13.0. The molecule has 1 rings (SSSR count). The minimum atomic E-state index is -0.0543. The zero-order chi connectivity index (χ0) is 13.5. The topological polar surface area (TPSA) is 40.5 Å². The van der Waals surface area contributed by atoms with E-state index in [9.17, 15) is 4.79 Å². The molecule has 0 aromatic heterocycles. The Balaban J connectivity index is 2.64. The van der Waals surface area contributed by atoms with Crippen LogP contribution in [0.25, 0.3) is 0 Å². The van der Waals surface area contributed by atoms with Gasteiger partial charge in [0.25, 0.3) is 0 Å². The molecular formula is C15H23NO2. The molecule has 0 saturated heterocycles. The lowest BCUT2D eigenvalue weighted by Gasteiger charge is -2.28. The Labute approximate surface area is 109 Å². The van der Waals surface area contributed by atoms with E-state index in [1.54, 1.807) is 0 Å². The summed E-state index contributed by atoms with van der Waals surface area (Å²) in [6.45, 7) is 7.54. The first-order chi connectivity index (χ1) is 8.56. The van der Waals surface area contributed by atoms with Gasteiger partial charge in [0.05, 0.1) is 6.61 Å². The van der Waals surface area contributed by atoms with Crippen molar-refractivity contribution >= 4 is 5.78 Å². The quantitative estimate of drug-likeness (QED) is 0.753. The molecule has 1 aromatic carbocycles. The Morgan fingerprint density at radius 1 is 1.22 bits per heavy atom. The Kier molecular flexibility index (Phi) is 6.02. The molecule has 0 saturated carbocycles. The van der Waals surface area contributed by atoms with Gasteiger partial charge < -0.3 is 5.11 Å². The van der Waals surface area contributed by atoms with Crippen molar-refractivity contribution < 1.29 is 9.90 Å². The molecule has 0 bridgehead atoms. The van der Waals surface area contributed by atoms with Crippen molar-refractivity contribution in [3.63, 3.8) is 0 Å². The molecule has 18 heavy (non-hydrogen) atoms. The van der Waals surface area contributed by atoms with Crippen LogP contribution in [0, 0.1) is 5.92 Å². The minimum absolute atomic E-state index is 0.0543. The van der Waals surface area contributed by atoms with Gasteiger partial charge in [-0.1, -0.05) is 37.3 Å². The molecule has 0 radical (unpaired) electrons. The average Bonchev–Trinajstić information content (AvgIpc) is 2.38. The Hall–Kier alpha value is -1.19. The van der Waals surface area contributed by atoms with Gasteiger partial charge in [-0.3, -0.25) is 9.69 Å². The van der Waals surface area contributed by atoms with Crippen LogP contribution in [0.15, 0.2) is 30.3 Å². The van der Waals surface area contributed by atoms with E-state index in [1.807, 2.05) is 37.3 Å². The molecule has 0 fully saturated rings. The fraction of sp³-hybridized carbons (Fsp3) is 0.533. The van der Waals surface area contributed by atoms with Crippen LogP contribution in [0.4, 0.5) is 0 Å². The summed E-state index contributed by atoms with van der Waals surface area (Å²) in [5, 5.41) is 9.03. The molecule has 100 valence electrons. The predicted octanol–water partition coefficient (Wildman–Crippen LogP) is 2.21. The fourth-order valence-electron chi connectivity index (χ4n) is 2.01. The molecule has 0 aliphatic rings. The number of aliphatic hydroxyl groups excluding tert-OH is 1. The number of nitrogens with zero attached hydrogens (tertiary/aromatic N) is 1. The maximum absolute atomic E-state index is 12.2. The average molecular weight is 249 g/mol. The molecule has 0 aliphatic carbocycles. The predicted molar refractivity (Wildman–Crippen MR) is 73.7 cm³/mol. The number of benzene rings is 1. The Morgan fingerprint density at radius 2 is 1.83 bits per heavy atom. The van der Waals surface area contributed by atoms with Gasteiger partial charge in [-0.15, -0.1) is 0 Å². The second-order valence-electron chi connectivity index (χ2n) is 4.94. The van der Waals surface area contributed by atoms with Crippen LogP contribution in [0.3, 0.4) is 0 Å². The maximum Gasteiger partial charge on any atom is 0.166 e. The standard InChI is InChI=1S/C15H23NO2/c1-12(2)16(9-10-17)11-13(3)15(18)14-7-5-4-6-8-14/h4-8,12-13,17H,9-11H2,1-3H3. The third-order valence-corrected chi connectivity index (χ3v) is 3.13. The number of hydrogen-bond acceptors (Lipinski definition) is 3. The first-order valence-electron chi connectivity index (χ1n) is 6.50. The summed E-state index contributed by atoms with van der Waals surface area (Å²) in [5.41, 5.74) is 0.762. The van der Waals surface area contributed by atoms with E-state index in [1.165, 1.54) is 0 Å². The molecular weight excluding hydrogens is 226 g/mol. The van der Waals surface area contributed by atoms with Gasteiger partial charge in [-0.25, -0.2) is 0 Å². The van der Waals surface area contributed by atoms with E-state index < -0.39 is 0 Å². The first-order valence-corrected chi connectivity index (χ1v) is 6.50. The van der Waals surface area contributed by atoms with Crippen molar-refractivity contribution in [1.29, 1.82) is 0 Å². The van der Waals surface area contributed by atoms with Gasteiger partial charge in [0, 0.05) is 30.6 Å². The number of ketones is 1.